The summed E-state index contributed by atoms with van der Waals surface area (Å²) in [6, 6.07) is 3.47. The van der Waals surface area contributed by atoms with Gasteiger partial charge in [-0.25, -0.2) is 13.8 Å². The zero-order valence-electron chi connectivity index (χ0n) is 19.4. The Bertz CT molecular complexity index is 1290. The fourth-order valence-corrected chi connectivity index (χ4v) is 4.56. The van der Waals surface area contributed by atoms with Crippen molar-refractivity contribution in [2.45, 2.75) is 43.6 Å². The zero-order chi connectivity index (χ0) is 27.0. The summed E-state index contributed by atoms with van der Waals surface area (Å²) in [7, 11) is 0. The molecule has 2 aromatic heterocycles. The summed E-state index contributed by atoms with van der Waals surface area (Å²) < 4.78 is 90.4. The lowest BCUT2D eigenvalue weighted by molar-refractivity contribution is -0.325. The van der Waals surface area contributed by atoms with Crippen molar-refractivity contribution in [3.63, 3.8) is 0 Å². The lowest BCUT2D eigenvalue weighted by Crippen LogP contribution is -2.34. The smallest absolute Gasteiger partial charge is 0.491 e. The van der Waals surface area contributed by atoms with Crippen LogP contribution in [0.4, 0.5) is 22.0 Å². The van der Waals surface area contributed by atoms with E-state index < -0.39 is 55.6 Å². The minimum atomic E-state index is -4.82. The summed E-state index contributed by atoms with van der Waals surface area (Å²) in [4.78, 5) is 11.6. The maximum absolute atomic E-state index is 14.5. The number of H-pyrrole nitrogens is 1. The summed E-state index contributed by atoms with van der Waals surface area (Å²) in [5, 5.41) is 10.1. The normalized spacial score (nSPS) is 23.2. The minimum Gasteiger partial charge on any atom is -0.491 e. The van der Waals surface area contributed by atoms with E-state index in [0.717, 1.165) is 12.1 Å². The molecule has 0 amide bonds. The van der Waals surface area contributed by atoms with Gasteiger partial charge in [-0.05, 0) is 18.9 Å². The Labute approximate surface area is 216 Å². The number of nitrogens with zero attached hydrogens (tertiary/aromatic N) is 2. The van der Waals surface area contributed by atoms with Crippen molar-refractivity contribution in [1.82, 2.24) is 15.0 Å². The number of nitrogens with one attached hydrogen (secondary N) is 1. The van der Waals surface area contributed by atoms with Gasteiger partial charge in [0, 0.05) is 17.7 Å². The average Bonchev–Trinajstić information content (AvgIpc) is 3.52. The number of aliphatic hydroxyl groups excluding tert-OH is 1. The number of hydrogen-bond acceptors (Lipinski definition) is 8. The first kappa shape index (κ1) is 26.8. The first-order valence-corrected chi connectivity index (χ1v) is 11.9. The Kier molecular flexibility index (Phi) is 7.60. The number of imidazole rings is 1. The molecule has 0 spiro atoms. The Balaban J connectivity index is 1.22. The van der Waals surface area contributed by atoms with Crippen LogP contribution in [-0.2, 0) is 27.1 Å². The number of hydrogen-bond donors (Lipinski definition) is 2. The van der Waals surface area contributed by atoms with Crippen molar-refractivity contribution in [3.05, 3.63) is 46.1 Å². The molecule has 2 aliphatic heterocycles. The van der Waals surface area contributed by atoms with Gasteiger partial charge in [0.05, 0.1) is 36.1 Å². The van der Waals surface area contributed by atoms with Crippen LogP contribution in [0.1, 0.15) is 11.3 Å². The van der Waals surface area contributed by atoms with Gasteiger partial charge in [-0.3, -0.25) is 4.74 Å². The Morgan fingerprint density at radius 2 is 1.76 bits per heavy atom. The van der Waals surface area contributed by atoms with Gasteiger partial charge in [-0.1, -0.05) is 11.6 Å². The largest absolute Gasteiger partial charge is 0.522 e. The van der Waals surface area contributed by atoms with Crippen molar-refractivity contribution in [1.29, 1.82) is 0 Å². The molecule has 1 aromatic carbocycles. The van der Waals surface area contributed by atoms with Crippen LogP contribution in [0.3, 0.4) is 0 Å². The predicted molar refractivity (Wildman–Crippen MR) is 120 cm³/mol. The highest BCUT2D eigenvalue weighted by Gasteiger charge is 2.48. The van der Waals surface area contributed by atoms with Crippen LogP contribution in [-0.4, -0.2) is 77.3 Å². The van der Waals surface area contributed by atoms with Gasteiger partial charge < -0.3 is 29.0 Å². The second-order valence-corrected chi connectivity index (χ2v) is 9.06. The van der Waals surface area contributed by atoms with Crippen molar-refractivity contribution < 1.29 is 50.7 Å². The maximum atomic E-state index is 14.5. The fraction of sp³-hybridized carbons (Fsp3) is 0.478. The van der Waals surface area contributed by atoms with Gasteiger partial charge in [0.25, 0.3) is 6.01 Å². The number of aromatic amines is 1. The summed E-state index contributed by atoms with van der Waals surface area (Å²) in [5.74, 6) is -2.13. The van der Waals surface area contributed by atoms with E-state index in [-0.39, 0.29) is 54.0 Å². The molecule has 3 aromatic rings. The molecule has 0 radical (unpaired) electrons. The molecule has 2 fully saturated rings. The van der Waals surface area contributed by atoms with Crippen LogP contribution >= 0.6 is 11.6 Å². The predicted octanol–water partition coefficient (Wildman–Crippen LogP) is 3.50. The first-order chi connectivity index (χ1) is 18.1. The first-order valence-electron chi connectivity index (χ1n) is 11.5. The number of rotatable bonds is 9. The molecule has 2 aliphatic rings. The number of benzene rings is 1. The number of aryl methyl sites for hydroxylation is 1. The molecule has 206 valence electrons. The molecule has 0 unspecified atom stereocenters. The van der Waals surface area contributed by atoms with E-state index in [1.807, 2.05) is 0 Å². The summed E-state index contributed by atoms with van der Waals surface area (Å²) in [6.45, 7) is -1.00. The topological polar surface area (TPSA) is 108 Å². The molecule has 0 saturated carbocycles. The standard InChI is InChI=1S/C23H21ClF5N3O6/c24-12-7-16-21(32-22(31-16)38-18-9-36-19-17(33)8-35-20(18)19)30-15(12)2-1-11-13(25)5-10(6-14(11)26)34-3-4-37-23(27,28)29/h5-7,17-20,33H,1-4,8-9H2,(H,30,31,32)/t17-,18-,19-,20-/m1/s1. The Hall–Kier alpha value is -2.78. The molecule has 5 rings (SSSR count). The molecule has 2 saturated heterocycles. The molecule has 4 atom stereocenters. The van der Waals surface area contributed by atoms with Crippen LogP contribution in [0.5, 0.6) is 11.8 Å². The number of alkyl halides is 3. The van der Waals surface area contributed by atoms with Crippen LogP contribution in [0.15, 0.2) is 18.2 Å². The van der Waals surface area contributed by atoms with Gasteiger partial charge in [0.1, 0.15) is 42.3 Å². The quantitative estimate of drug-likeness (QED) is 0.300. The molecule has 2 N–H and O–H groups in total. The van der Waals surface area contributed by atoms with Crippen LogP contribution in [0, 0.1) is 11.6 Å². The highest BCUT2D eigenvalue weighted by Crippen LogP contribution is 2.31. The van der Waals surface area contributed by atoms with E-state index in [1.165, 1.54) is 0 Å². The SMILES string of the molecule is O[C@@H]1CO[C@H]2[C@@H]1OC[C@H]2Oc1nc2nc(CCc3c(F)cc(OCCOC(F)(F)F)cc3F)c(Cl)cc2[nH]1. The molecular weight excluding hydrogens is 545 g/mol. The van der Waals surface area contributed by atoms with Crippen molar-refractivity contribution in [3.8, 4) is 11.8 Å². The number of fused-ring (bicyclic) bond motifs is 2. The third kappa shape index (κ3) is 5.94. The van der Waals surface area contributed by atoms with Crippen molar-refractivity contribution >= 4 is 22.8 Å². The lowest BCUT2D eigenvalue weighted by Gasteiger charge is -2.15. The number of ether oxygens (including phenoxy) is 5. The summed E-state index contributed by atoms with van der Waals surface area (Å²) in [6.07, 6.45) is -6.96. The molecule has 38 heavy (non-hydrogen) atoms. The second-order valence-electron chi connectivity index (χ2n) is 8.66. The number of aromatic nitrogens is 3. The summed E-state index contributed by atoms with van der Waals surface area (Å²) in [5.41, 5.74) is 0.826. The van der Waals surface area contributed by atoms with E-state index in [0.29, 0.717) is 11.2 Å². The van der Waals surface area contributed by atoms with E-state index in [9.17, 15) is 27.1 Å². The third-order valence-electron chi connectivity index (χ3n) is 6.07. The van der Waals surface area contributed by atoms with Gasteiger partial charge in [0.2, 0.25) is 0 Å². The monoisotopic (exact) mass is 565 g/mol. The zero-order valence-corrected chi connectivity index (χ0v) is 20.2. The lowest BCUT2D eigenvalue weighted by atomic mass is 10.1. The van der Waals surface area contributed by atoms with E-state index in [4.69, 9.17) is 30.5 Å². The van der Waals surface area contributed by atoms with Gasteiger partial charge >= 0.3 is 6.36 Å². The second kappa shape index (κ2) is 10.8. The van der Waals surface area contributed by atoms with Gasteiger partial charge in [0.15, 0.2) is 11.8 Å². The molecule has 0 bridgehead atoms. The van der Waals surface area contributed by atoms with Crippen LogP contribution < -0.4 is 9.47 Å². The summed E-state index contributed by atoms with van der Waals surface area (Å²) >= 11 is 6.33. The molecule has 0 aliphatic carbocycles. The third-order valence-corrected chi connectivity index (χ3v) is 6.39. The van der Waals surface area contributed by atoms with Crippen LogP contribution in [0.2, 0.25) is 5.02 Å². The van der Waals surface area contributed by atoms with Gasteiger partial charge in [-0.15, -0.1) is 13.2 Å². The molecular formula is C23H21ClF5N3O6. The van der Waals surface area contributed by atoms with Crippen molar-refractivity contribution in [2.75, 3.05) is 26.4 Å². The molecule has 9 nitrogen and oxygen atoms in total. The number of halogens is 6. The Morgan fingerprint density at radius 3 is 2.50 bits per heavy atom. The Morgan fingerprint density at radius 1 is 1.03 bits per heavy atom. The van der Waals surface area contributed by atoms with Crippen molar-refractivity contribution in [2.24, 2.45) is 0 Å². The highest BCUT2D eigenvalue weighted by molar-refractivity contribution is 6.31. The fourth-order valence-electron chi connectivity index (χ4n) is 4.31. The molecule has 15 heteroatoms. The molecule has 4 heterocycles. The van der Waals surface area contributed by atoms with E-state index in [2.05, 4.69) is 19.7 Å². The van der Waals surface area contributed by atoms with Gasteiger partial charge in [-0.2, -0.15) is 4.98 Å². The van der Waals surface area contributed by atoms with Crippen LogP contribution in [0.25, 0.3) is 11.2 Å². The maximum Gasteiger partial charge on any atom is 0.522 e. The highest BCUT2D eigenvalue weighted by atomic mass is 35.5. The minimum absolute atomic E-state index is 0.0667. The number of aliphatic hydroxyl groups is 1. The average molecular weight is 566 g/mol. The van der Waals surface area contributed by atoms with E-state index >= 15 is 0 Å². The van der Waals surface area contributed by atoms with E-state index in [1.54, 1.807) is 6.07 Å². The number of pyridine rings is 1.